The Morgan fingerprint density at radius 3 is 2.93 bits per heavy atom. The molecule has 1 aliphatic heterocycles. The van der Waals surface area contributed by atoms with E-state index in [1.807, 2.05) is 26.1 Å². The Morgan fingerprint density at radius 2 is 2.33 bits per heavy atom. The van der Waals surface area contributed by atoms with Gasteiger partial charge in [-0.1, -0.05) is 0 Å². The highest BCUT2D eigenvalue weighted by molar-refractivity contribution is 5.25. The lowest BCUT2D eigenvalue weighted by atomic mass is 9.93. The van der Waals surface area contributed by atoms with Gasteiger partial charge in [-0.25, -0.2) is 0 Å². The Hall–Kier alpha value is -0.930. The lowest BCUT2D eigenvalue weighted by Gasteiger charge is -2.20. The van der Waals surface area contributed by atoms with E-state index >= 15 is 0 Å². The van der Waals surface area contributed by atoms with Crippen molar-refractivity contribution < 1.29 is 4.74 Å². The molecule has 0 aliphatic carbocycles. The molecule has 82 valence electrons. The van der Waals surface area contributed by atoms with Crippen LogP contribution in [-0.2, 0) is 10.3 Å². The third-order valence-corrected chi connectivity index (χ3v) is 2.87. The third-order valence-electron chi connectivity index (χ3n) is 2.87. The highest BCUT2D eigenvalue weighted by Crippen LogP contribution is 2.26. The molecule has 2 N–H and O–H groups in total. The van der Waals surface area contributed by atoms with Gasteiger partial charge in [0.2, 0.25) is 0 Å². The Balaban J connectivity index is 2.26. The van der Waals surface area contributed by atoms with Crippen molar-refractivity contribution in [2.24, 2.45) is 5.73 Å². The lowest BCUT2D eigenvalue weighted by molar-refractivity contribution is 0.193. The van der Waals surface area contributed by atoms with E-state index in [1.54, 1.807) is 0 Å². The van der Waals surface area contributed by atoms with Crippen molar-refractivity contribution in [2.75, 3.05) is 13.2 Å². The second-order valence-electron chi connectivity index (χ2n) is 4.75. The Bertz CT molecular complexity index is 338. The molecule has 1 unspecified atom stereocenters. The number of nitrogens with two attached hydrogens (primary N) is 1. The number of nitrogens with zero attached hydrogens (tertiary/aromatic N) is 1. The first kappa shape index (κ1) is 10.6. The van der Waals surface area contributed by atoms with E-state index in [-0.39, 0.29) is 5.54 Å². The molecule has 0 bridgehead atoms. The van der Waals surface area contributed by atoms with Gasteiger partial charge in [0.1, 0.15) is 0 Å². The van der Waals surface area contributed by atoms with Crippen molar-refractivity contribution in [1.82, 2.24) is 4.98 Å². The maximum Gasteiger partial charge on any atom is 0.0550 e. The van der Waals surface area contributed by atoms with E-state index < -0.39 is 0 Å². The summed E-state index contributed by atoms with van der Waals surface area (Å²) in [6, 6.07) is 4.10. The normalized spacial score (nSPS) is 21.9. The maximum atomic E-state index is 6.07. The van der Waals surface area contributed by atoms with Crippen LogP contribution in [0.1, 0.15) is 37.4 Å². The average molecular weight is 206 g/mol. The zero-order valence-corrected chi connectivity index (χ0v) is 9.36. The molecule has 2 heterocycles. The van der Waals surface area contributed by atoms with Crippen LogP contribution in [0.4, 0.5) is 0 Å². The zero-order valence-electron chi connectivity index (χ0n) is 9.36. The molecule has 0 spiro atoms. The van der Waals surface area contributed by atoms with E-state index in [9.17, 15) is 0 Å². The summed E-state index contributed by atoms with van der Waals surface area (Å²) in [5.74, 6) is 0.451. The van der Waals surface area contributed by atoms with Gasteiger partial charge in [0.25, 0.3) is 0 Å². The monoisotopic (exact) mass is 206 g/mol. The van der Waals surface area contributed by atoms with Gasteiger partial charge in [-0.2, -0.15) is 0 Å². The topological polar surface area (TPSA) is 48.1 Å². The fourth-order valence-electron chi connectivity index (χ4n) is 1.84. The predicted molar refractivity (Wildman–Crippen MR) is 59.6 cm³/mol. The highest BCUT2D eigenvalue weighted by atomic mass is 16.5. The molecule has 1 atom stereocenters. The van der Waals surface area contributed by atoms with Crippen LogP contribution >= 0.6 is 0 Å². The molecule has 1 aromatic heterocycles. The van der Waals surface area contributed by atoms with Gasteiger partial charge < -0.3 is 10.5 Å². The van der Waals surface area contributed by atoms with Gasteiger partial charge in [0.15, 0.2) is 0 Å². The van der Waals surface area contributed by atoms with E-state index in [0.29, 0.717) is 5.92 Å². The molecule has 1 fully saturated rings. The third kappa shape index (κ3) is 2.36. The van der Waals surface area contributed by atoms with Gasteiger partial charge in [0, 0.05) is 30.0 Å². The molecule has 0 saturated carbocycles. The molecule has 0 radical (unpaired) electrons. The molecule has 3 nitrogen and oxygen atoms in total. The van der Waals surface area contributed by atoms with Crippen molar-refractivity contribution >= 4 is 0 Å². The Morgan fingerprint density at radius 1 is 1.53 bits per heavy atom. The van der Waals surface area contributed by atoms with Crippen LogP contribution in [-0.4, -0.2) is 18.2 Å². The highest BCUT2D eigenvalue weighted by Gasteiger charge is 2.21. The first-order chi connectivity index (χ1) is 7.07. The van der Waals surface area contributed by atoms with Gasteiger partial charge >= 0.3 is 0 Å². The Labute approximate surface area is 90.7 Å². The number of ether oxygens (including phenoxy) is 1. The summed E-state index contributed by atoms with van der Waals surface area (Å²) >= 11 is 0. The quantitative estimate of drug-likeness (QED) is 0.802. The smallest absolute Gasteiger partial charge is 0.0550 e. The largest absolute Gasteiger partial charge is 0.381 e. The molecule has 0 aromatic carbocycles. The lowest BCUT2D eigenvalue weighted by Crippen LogP contribution is -2.28. The second kappa shape index (κ2) is 3.91. The van der Waals surface area contributed by atoms with Crippen LogP contribution in [0.2, 0.25) is 0 Å². The number of hydrogen-bond donors (Lipinski definition) is 1. The predicted octanol–water partition coefficient (Wildman–Crippen LogP) is 1.78. The summed E-state index contributed by atoms with van der Waals surface area (Å²) in [6.07, 6.45) is 2.92. The summed E-state index contributed by atoms with van der Waals surface area (Å²) in [5.41, 5.74) is 8.02. The molecule has 1 saturated heterocycles. The van der Waals surface area contributed by atoms with E-state index in [4.69, 9.17) is 10.5 Å². The average Bonchev–Trinajstić information content (AvgIpc) is 2.69. The van der Waals surface area contributed by atoms with E-state index in [1.165, 1.54) is 0 Å². The minimum Gasteiger partial charge on any atom is -0.381 e. The van der Waals surface area contributed by atoms with Crippen LogP contribution in [0.5, 0.6) is 0 Å². The molecule has 1 aliphatic rings. The number of pyridine rings is 1. The van der Waals surface area contributed by atoms with Crippen LogP contribution < -0.4 is 5.73 Å². The molecule has 15 heavy (non-hydrogen) atoms. The number of rotatable bonds is 2. The van der Waals surface area contributed by atoms with Gasteiger partial charge in [0.05, 0.1) is 6.61 Å². The molecule has 2 rings (SSSR count). The number of aromatic nitrogens is 1. The van der Waals surface area contributed by atoms with Crippen molar-refractivity contribution in [3.8, 4) is 0 Å². The SMILES string of the molecule is CC(C)(N)c1ccnc(C2CCOC2)c1. The molecule has 3 heteroatoms. The van der Waals surface area contributed by atoms with Gasteiger partial charge in [-0.15, -0.1) is 0 Å². The van der Waals surface area contributed by atoms with Gasteiger partial charge in [-0.3, -0.25) is 4.98 Å². The van der Waals surface area contributed by atoms with Crippen LogP contribution in [0.15, 0.2) is 18.3 Å². The molecular formula is C12H18N2O. The minimum absolute atomic E-state index is 0.294. The standard InChI is InChI=1S/C12H18N2O/c1-12(2,13)10-3-5-14-11(7-10)9-4-6-15-8-9/h3,5,7,9H,4,6,8,13H2,1-2H3. The zero-order chi connectivity index (χ0) is 10.9. The van der Waals surface area contributed by atoms with E-state index in [0.717, 1.165) is 30.9 Å². The van der Waals surface area contributed by atoms with Crippen LogP contribution in [0.25, 0.3) is 0 Å². The molecule has 1 aromatic rings. The fraction of sp³-hybridized carbons (Fsp3) is 0.583. The van der Waals surface area contributed by atoms with Crippen molar-refractivity contribution in [3.63, 3.8) is 0 Å². The summed E-state index contributed by atoms with van der Waals surface area (Å²) < 4.78 is 5.37. The molecule has 0 amide bonds. The summed E-state index contributed by atoms with van der Waals surface area (Å²) in [6.45, 7) is 5.67. The first-order valence-corrected chi connectivity index (χ1v) is 5.40. The minimum atomic E-state index is -0.294. The summed E-state index contributed by atoms with van der Waals surface area (Å²) in [7, 11) is 0. The van der Waals surface area contributed by atoms with Crippen molar-refractivity contribution in [3.05, 3.63) is 29.6 Å². The van der Waals surface area contributed by atoms with Crippen LogP contribution in [0.3, 0.4) is 0 Å². The molecular weight excluding hydrogens is 188 g/mol. The maximum absolute atomic E-state index is 6.07. The fourth-order valence-corrected chi connectivity index (χ4v) is 1.84. The van der Waals surface area contributed by atoms with Crippen molar-refractivity contribution in [1.29, 1.82) is 0 Å². The van der Waals surface area contributed by atoms with Crippen molar-refractivity contribution in [2.45, 2.75) is 31.7 Å². The number of hydrogen-bond acceptors (Lipinski definition) is 3. The first-order valence-electron chi connectivity index (χ1n) is 5.40. The summed E-state index contributed by atoms with van der Waals surface area (Å²) in [5, 5.41) is 0. The Kier molecular flexibility index (Phi) is 2.76. The second-order valence-corrected chi connectivity index (χ2v) is 4.75. The summed E-state index contributed by atoms with van der Waals surface area (Å²) in [4.78, 5) is 4.40. The van der Waals surface area contributed by atoms with Gasteiger partial charge in [-0.05, 0) is 38.0 Å². The van der Waals surface area contributed by atoms with Crippen LogP contribution in [0, 0.1) is 0 Å². The van der Waals surface area contributed by atoms with E-state index in [2.05, 4.69) is 11.1 Å².